The lowest BCUT2D eigenvalue weighted by molar-refractivity contribution is 0.300. The molecule has 106 valence electrons. The topological polar surface area (TPSA) is 44.5 Å². The zero-order valence-electron chi connectivity index (χ0n) is 11.4. The normalized spacial score (nSPS) is 10.3. The van der Waals surface area contributed by atoms with E-state index in [4.69, 9.17) is 15.2 Å². The maximum absolute atomic E-state index is 5.95. The third-order valence-electron chi connectivity index (χ3n) is 2.98. The fraction of sp³-hybridized carbons (Fsp3) is 0.250. The quantitative estimate of drug-likeness (QED) is 0.878. The molecule has 0 radical (unpaired) electrons. The summed E-state index contributed by atoms with van der Waals surface area (Å²) in [5, 5.41) is 0. The van der Waals surface area contributed by atoms with Gasteiger partial charge < -0.3 is 15.2 Å². The molecule has 2 rings (SSSR count). The molecule has 0 aromatic heterocycles. The van der Waals surface area contributed by atoms with Gasteiger partial charge in [0.25, 0.3) is 0 Å². The van der Waals surface area contributed by atoms with Crippen molar-refractivity contribution in [1.82, 2.24) is 0 Å². The fourth-order valence-corrected chi connectivity index (χ4v) is 2.51. The van der Waals surface area contributed by atoms with Gasteiger partial charge in [-0.25, -0.2) is 0 Å². The van der Waals surface area contributed by atoms with Gasteiger partial charge in [0.05, 0.1) is 11.6 Å². The fourth-order valence-electron chi connectivity index (χ4n) is 1.99. The highest BCUT2D eigenvalue weighted by Crippen LogP contribution is 2.30. The molecule has 20 heavy (non-hydrogen) atoms. The highest BCUT2D eigenvalue weighted by molar-refractivity contribution is 9.10. The summed E-state index contributed by atoms with van der Waals surface area (Å²) in [6.07, 6.45) is 0.798. The molecule has 0 saturated carbocycles. The van der Waals surface area contributed by atoms with Crippen LogP contribution in [0.4, 0.5) is 0 Å². The molecule has 0 heterocycles. The van der Waals surface area contributed by atoms with Crippen molar-refractivity contribution in [2.45, 2.75) is 13.0 Å². The van der Waals surface area contributed by atoms with E-state index in [1.807, 2.05) is 42.5 Å². The van der Waals surface area contributed by atoms with Crippen molar-refractivity contribution in [3.05, 3.63) is 58.1 Å². The van der Waals surface area contributed by atoms with Crippen molar-refractivity contribution in [2.24, 2.45) is 5.73 Å². The van der Waals surface area contributed by atoms with Gasteiger partial charge in [-0.1, -0.05) is 24.3 Å². The van der Waals surface area contributed by atoms with Gasteiger partial charge >= 0.3 is 0 Å². The molecular weight excluding hydrogens is 318 g/mol. The molecule has 0 amide bonds. The van der Waals surface area contributed by atoms with Crippen LogP contribution in [0.1, 0.15) is 11.1 Å². The van der Waals surface area contributed by atoms with Crippen molar-refractivity contribution in [3.8, 4) is 11.5 Å². The summed E-state index contributed by atoms with van der Waals surface area (Å²) in [5.41, 5.74) is 7.82. The molecule has 0 unspecified atom stereocenters. The molecule has 4 heteroatoms. The standard InChI is InChI=1S/C16H18BrNO2/c1-19-14-6-2-4-12(10-14)11-20-16-13(8-9-18)5-3-7-15(16)17/h2-7,10H,8-9,11,18H2,1H3. The van der Waals surface area contributed by atoms with Crippen LogP contribution in [-0.4, -0.2) is 13.7 Å². The maximum atomic E-state index is 5.95. The summed E-state index contributed by atoms with van der Waals surface area (Å²) in [5.74, 6) is 1.70. The zero-order chi connectivity index (χ0) is 14.4. The van der Waals surface area contributed by atoms with Crippen LogP contribution in [0.2, 0.25) is 0 Å². The molecule has 0 atom stereocenters. The summed E-state index contributed by atoms with van der Waals surface area (Å²) < 4.78 is 12.1. The minimum atomic E-state index is 0.497. The molecule has 0 aliphatic heterocycles. The third kappa shape index (κ3) is 3.74. The number of nitrogens with two attached hydrogens (primary N) is 1. The molecular formula is C16H18BrNO2. The average molecular weight is 336 g/mol. The van der Waals surface area contributed by atoms with Crippen molar-refractivity contribution in [2.75, 3.05) is 13.7 Å². The Hall–Kier alpha value is -1.52. The van der Waals surface area contributed by atoms with Crippen molar-refractivity contribution in [1.29, 1.82) is 0 Å². The van der Waals surface area contributed by atoms with E-state index >= 15 is 0 Å². The van der Waals surface area contributed by atoms with Gasteiger partial charge in [-0.05, 0) is 58.2 Å². The number of rotatable bonds is 6. The minimum absolute atomic E-state index is 0.497. The van der Waals surface area contributed by atoms with Gasteiger partial charge in [-0.15, -0.1) is 0 Å². The van der Waals surface area contributed by atoms with Crippen LogP contribution < -0.4 is 15.2 Å². The Morgan fingerprint density at radius 2 is 1.95 bits per heavy atom. The lowest BCUT2D eigenvalue weighted by Crippen LogP contribution is -2.06. The zero-order valence-corrected chi connectivity index (χ0v) is 13.0. The SMILES string of the molecule is COc1cccc(COc2c(Br)cccc2CCN)c1. The molecule has 2 aromatic carbocycles. The third-order valence-corrected chi connectivity index (χ3v) is 3.60. The van der Waals surface area contributed by atoms with Crippen LogP contribution in [0.3, 0.4) is 0 Å². The van der Waals surface area contributed by atoms with Crippen molar-refractivity contribution < 1.29 is 9.47 Å². The molecule has 0 bridgehead atoms. The molecule has 0 aliphatic rings. The van der Waals surface area contributed by atoms with Gasteiger partial charge in [0.2, 0.25) is 0 Å². The Morgan fingerprint density at radius 1 is 1.15 bits per heavy atom. The average Bonchev–Trinajstić information content (AvgIpc) is 2.47. The van der Waals surface area contributed by atoms with Crippen LogP contribution in [0.25, 0.3) is 0 Å². The summed E-state index contributed by atoms with van der Waals surface area (Å²) in [6.45, 7) is 1.10. The second-order valence-electron chi connectivity index (χ2n) is 4.41. The van der Waals surface area contributed by atoms with Crippen LogP contribution in [0.5, 0.6) is 11.5 Å². The molecule has 3 nitrogen and oxygen atoms in total. The van der Waals surface area contributed by atoms with Gasteiger partial charge in [-0.2, -0.15) is 0 Å². The van der Waals surface area contributed by atoms with E-state index in [1.165, 1.54) is 0 Å². The Kier molecular flexibility index (Phi) is 5.44. The van der Waals surface area contributed by atoms with Gasteiger partial charge in [0.1, 0.15) is 18.1 Å². The first kappa shape index (κ1) is 14.9. The summed E-state index contributed by atoms with van der Waals surface area (Å²) in [7, 11) is 1.66. The Labute approximate surface area is 127 Å². The van der Waals surface area contributed by atoms with Crippen LogP contribution >= 0.6 is 15.9 Å². The summed E-state index contributed by atoms with van der Waals surface area (Å²) >= 11 is 3.53. The lowest BCUT2D eigenvalue weighted by atomic mass is 10.1. The summed E-state index contributed by atoms with van der Waals surface area (Å²) in [6, 6.07) is 13.9. The van der Waals surface area contributed by atoms with E-state index in [0.29, 0.717) is 13.2 Å². The summed E-state index contributed by atoms with van der Waals surface area (Å²) in [4.78, 5) is 0. The second kappa shape index (κ2) is 7.31. The van der Waals surface area contributed by atoms with Crippen LogP contribution in [0, 0.1) is 0 Å². The number of hydrogen-bond donors (Lipinski definition) is 1. The predicted molar refractivity (Wildman–Crippen MR) is 84.2 cm³/mol. The molecule has 2 N–H and O–H groups in total. The first-order valence-corrected chi connectivity index (χ1v) is 7.27. The molecule has 0 saturated heterocycles. The predicted octanol–water partition coefficient (Wildman–Crippen LogP) is 3.54. The van der Waals surface area contributed by atoms with Crippen molar-refractivity contribution in [3.63, 3.8) is 0 Å². The first-order chi connectivity index (χ1) is 9.74. The largest absolute Gasteiger partial charge is 0.497 e. The Morgan fingerprint density at radius 3 is 2.70 bits per heavy atom. The first-order valence-electron chi connectivity index (χ1n) is 6.47. The Bertz CT molecular complexity index is 572. The number of para-hydroxylation sites is 1. The Balaban J connectivity index is 2.13. The van der Waals surface area contributed by atoms with Crippen LogP contribution in [0.15, 0.2) is 46.9 Å². The van der Waals surface area contributed by atoms with E-state index < -0.39 is 0 Å². The monoisotopic (exact) mass is 335 g/mol. The number of methoxy groups -OCH3 is 1. The number of benzene rings is 2. The molecule has 0 fully saturated rings. The van der Waals surface area contributed by atoms with Gasteiger partial charge in [0, 0.05) is 0 Å². The molecule has 0 aliphatic carbocycles. The van der Waals surface area contributed by atoms with Crippen molar-refractivity contribution >= 4 is 15.9 Å². The van der Waals surface area contributed by atoms with Crippen LogP contribution in [-0.2, 0) is 13.0 Å². The second-order valence-corrected chi connectivity index (χ2v) is 5.26. The van der Waals surface area contributed by atoms with Gasteiger partial charge in [-0.3, -0.25) is 0 Å². The minimum Gasteiger partial charge on any atom is -0.497 e. The smallest absolute Gasteiger partial charge is 0.137 e. The number of hydrogen-bond acceptors (Lipinski definition) is 3. The number of ether oxygens (including phenoxy) is 2. The van der Waals surface area contributed by atoms with E-state index in [2.05, 4.69) is 15.9 Å². The highest BCUT2D eigenvalue weighted by Gasteiger charge is 2.08. The molecule has 2 aromatic rings. The van der Waals surface area contributed by atoms with Gasteiger partial charge in [0.15, 0.2) is 0 Å². The van der Waals surface area contributed by atoms with E-state index in [9.17, 15) is 0 Å². The lowest BCUT2D eigenvalue weighted by Gasteiger charge is -2.13. The molecule has 0 spiro atoms. The maximum Gasteiger partial charge on any atom is 0.137 e. The van der Waals surface area contributed by atoms with E-state index in [1.54, 1.807) is 7.11 Å². The highest BCUT2D eigenvalue weighted by atomic mass is 79.9. The van der Waals surface area contributed by atoms with E-state index in [-0.39, 0.29) is 0 Å². The van der Waals surface area contributed by atoms with E-state index in [0.717, 1.165) is 33.5 Å². The number of halogens is 1.